The molecule has 0 radical (unpaired) electrons. The predicted molar refractivity (Wildman–Crippen MR) is 131 cm³/mol. The van der Waals surface area contributed by atoms with Gasteiger partial charge >= 0.3 is 0 Å². The van der Waals surface area contributed by atoms with Gasteiger partial charge < -0.3 is 10.1 Å². The fourth-order valence-electron chi connectivity index (χ4n) is 6.92. The molecular formula is C29H32N2O4. The van der Waals surface area contributed by atoms with Crippen molar-refractivity contribution >= 4 is 17.7 Å². The Balaban J connectivity index is 1.36. The zero-order valence-electron chi connectivity index (χ0n) is 20.3. The minimum Gasteiger partial charge on any atom is -0.376 e. The van der Waals surface area contributed by atoms with Gasteiger partial charge in [0.25, 0.3) is 0 Å². The molecule has 182 valence electrons. The maximum Gasteiger partial charge on any atom is 0.243 e. The topological polar surface area (TPSA) is 75.7 Å². The number of amides is 3. The van der Waals surface area contributed by atoms with E-state index in [1.165, 1.54) is 4.90 Å². The molecular weight excluding hydrogens is 440 g/mol. The van der Waals surface area contributed by atoms with Crippen LogP contribution in [0.5, 0.6) is 0 Å². The predicted octanol–water partition coefficient (Wildman–Crippen LogP) is 3.59. The van der Waals surface area contributed by atoms with Crippen LogP contribution in [0, 0.1) is 17.8 Å². The van der Waals surface area contributed by atoms with Crippen LogP contribution >= 0.6 is 0 Å². The van der Waals surface area contributed by atoms with E-state index in [-0.39, 0.29) is 41.6 Å². The molecule has 2 bridgehead atoms. The molecule has 2 fully saturated rings. The zero-order valence-corrected chi connectivity index (χ0v) is 20.3. The minimum atomic E-state index is -0.798. The van der Waals surface area contributed by atoms with Gasteiger partial charge in [-0.25, -0.2) is 0 Å². The van der Waals surface area contributed by atoms with E-state index in [9.17, 15) is 14.4 Å². The number of ether oxygens (including phenoxy) is 1. The van der Waals surface area contributed by atoms with Gasteiger partial charge in [-0.3, -0.25) is 19.3 Å². The highest BCUT2D eigenvalue weighted by Crippen LogP contribution is 2.61. The summed E-state index contributed by atoms with van der Waals surface area (Å²) in [4.78, 5) is 42.8. The molecule has 2 saturated heterocycles. The average Bonchev–Trinajstić information content (AvgIpc) is 3.48. The molecule has 6 nitrogen and oxygen atoms in total. The molecule has 2 aromatic rings. The van der Waals surface area contributed by atoms with Crippen LogP contribution in [-0.4, -0.2) is 47.9 Å². The number of carbonyl (C=O) groups excluding carboxylic acids is 3. The van der Waals surface area contributed by atoms with E-state index in [2.05, 4.69) is 29.6 Å². The van der Waals surface area contributed by atoms with E-state index in [4.69, 9.17) is 4.74 Å². The normalized spacial score (nSPS) is 29.2. The third-order valence-electron chi connectivity index (χ3n) is 8.32. The van der Waals surface area contributed by atoms with Crippen LogP contribution < -0.4 is 5.32 Å². The summed E-state index contributed by atoms with van der Waals surface area (Å²) < 4.78 is 5.65. The Morgan fingerprint density at radius 1 is 0.943 bits per heavy atom. The number of nitrogens with one attached hydrogen (secondary N) is 1. The first-order valence-corrected chi connectivity index (χ1v) is 12.9. The molecule has 0 unspecified atom stereocenters. The lowest BCUT2D eigenvalue weighted by Gasteiger charge is -2.45. The van der Waals surface area contributed by atoms with Crippen LogP contribution in [0.15, 0.2) is 48.5 Å². The average molecular weight is 473 g/mol. The van der Waals surface area contributed by atoms with Crippen molar-refractivity contribution in [1.29, 1.82) is 0 Å². The third-order valence-corrected chi connectivity index (χ3v) is 8.32. The molecule has 3 aliphatic carbocycles. The van der Waals surface area contributed by atoms with Crippen molar-refractivity contribution in [3.05, 3.63) is 70.8 Å². The molecule has 0 spiro atoms. The Labute approximate surface area is 206 Å². The Morgan fingerprint density at radius 2 is 1.46 bits per heavy atom. The van der Waals surface area contributed by atoms with Crippen molar-refractivity contribution in [1.82, 2.24) is 10.2 Å². The van der Waals surface area contributed by atoms with Crippen molar-refractivity contribution in [2.45, 2.75) is 57.1 Å². The van der Waals surface area contributed by atoms with Crippen molar-refractivity contribution < 1.29 is 19.1 Å². The quantitative estimate of drug-likeness (QED) is 0.652. The van der Waals surface area contributed by atoms with Gasteiger partial charge in [0, 0.05) is 25.0 Å². The summed E-state index contributed by atoms with van der Waals surface area (Å²) >= 11 is 0. The fourth-order valence-corrected chi connectivity index (χ4v) is 6.92. The van der Waals surface area contributed by atoms with E-state index in [1.54, 1.807) is 0 Å². The van der Waals surface area contributed by atoms with Gasteiger partial charge in [0.15, 0.2) is 0 Å². The number of carbonyl (C=O) groups is 3. The molecule has 35 heavy (non-hydrogen) atoms. The van der Waals surface area contributed by atoms with Crippen LogP contribution in [-0.2, 0) is 19.1 Å². The van der Waals surface area contributed by atoms with E-state index < -0.39 is 17.9 Å². The standard InChI is InChI=1S/C29H32N2O4/c1-16(2)14-22(27(32)30-15-17-8-7-13-35-17)31-28(33)25-23-18-9-3-4-10-19(18)24(26(25)29(31)34)21-12-6-5-11-20(21)23/h3-6,9-12,16-17,22-26H,7-8,13-15H2,1-2H3,(H,30,32)/t17-,22-,23?,24?,25-,26-/m0/s1. The molecule has 0 saturated carbocycles. The van der Waals surface area contributed by atoms with Gasteiger partial charge in [0.05, 0.1) is 17.9 Å². The first kappa shape index (κ1) is 22.5. The number of imide groups is 1. The van der Waals surface area contributed by atoms with Crippen LogP contribution in [0.4, 0.5) is 0 Å². The molecule has 2 heterocycles. The Morgan fingerprint density at radius 3 is 1.89 bits per heavy atom. The lowest BCUT2D eigenvalue weighted by atomic mass is 9.55. The Kier molecular flexibility index (Phi) is 5.52. The van der Waals surface area contributed by atoms with Crippen LogP contribution in [0.2, 0.25) is 0 Å². The van der Waals surface area contributed by atoms with Crippen molar-refractivity contribution in [3.8, 4) is 0 Å². The van der Waals surface area contributed by atoms with E-state index >= 15 is 0 Å². The number of hydrogen-bond donors (Lipinski definition) is 1. The molecule has 0 aromatic heterocycles. The summed E-state index contributed by atoms with van der Waals surface area (Å²) in [5.41, 5.74) is 4.57. The second-order valence-corrected chi connectivity index (χ2v) is 10.8. The number of likely N-dealkylation sites (tertiary alicyclic amines) is 1. The highest BCUT2D eigenvalue weighted by Gasteiger charge is 2.63. The molecule has 4 atom stereocenters. The summed E-state index contributed by atoms with van der Waals surface area (Å²) in [5.74, 6) is -1.73. The Hall–Kier alpha value is -2.99. The number of rotatable bonds is 6. The summed E-state index contributed by atoms with van der Waals surface area (Å²) in [6.07, 6.45) is 2.36. The van der Waals surface area contributed by atoms with Crippen molar-refractivity contribution in [2.24, 2.45) is 17.8 Å². The second kappa shape index (κ2) is 8.59. The highest BCUT2D eigenvalue weighted by atomic mass is 16.5. The van der Waals surface area contributed by atoms with Gasteiger partial charge in [-0.05, 0) is 47.4 Å². The monoisotopic (exact) mass is 472 g/mol. The largest absolute Gasteiger partial charge is 0.376 e. The van der Waals surface area contributed by atoms with Crippen molar-refractivity contribution in [2.75, 3.05) is 13.2 Å². The summed E-state index contributed by atoms with van der Waals surface area (Å²) in [6, 6.07) is 15.6. The van der Waals surface area contributed by atoms with Gasteiger partial charge in [0.2, 0.25) is 17.7 Å². The molecule has 1 N–H and O–H groups in total. The van der Waals surface area contributed by atoms with E-state index in [0.29, 0.717) is 19.6 Å². The van der Waals surface area contributed by atoms with Gasteiger partial charge in [-0.2, -0.15) is 0 Å². The Bertz CT molecular complexity index is 1070. The van der Waals surface area contributed by atoms with E-state index in [0.717, 1.165) is 35.1 Å². The molecule has 2 aromatic carbocycles. The molecule has 2 aliphatic heterocycles. The summed E-state index contributed by atoms with van der Waals surface area (Å²) in [5, 5.41) is 2.99. The maximum absolute atomic E-state index is 14.0. The lowest BCUT2D eigenvalue weighted by molar-refractivity contribution is -0.148. The zero-order chi connectivity index (χ0) is 24.3. The van der Waals surface area contributed by atoms with Crippen LogP contribution in [0.3, 0.4) is 0 Å². The van der Waals surface area contributed by atoms with E-state index in [1.807, 2.05) is 38.1 Å². The number of hydrogen-bond acceptors (Lipinski definition) is 4. The maximum atomic E-state index is 14.0. The van der Waals surface area contributed by atoms with Gasteiger partial charge in [-0.1, -0.05) is 62.4 Å². The van der Waals surface area contributed by atoms with Gasteiger partial charge in [0.1, 0.15) is 6.04 Å². The van der Waals surface area contributed by atoms with Crippen LogP contribution in [0.1, 0.15) is 67.2 Å². The molecule has 6 heteroatoms. The summed E-state index contributed by atoms with van der Waals surface area (Å²) in [6.45, 7) is 5.17. The number of nitrogens with zero attached hydrogens (tertiary/aromatic N) is 1. The van der Waals surface area contributed by atoms with Crippen LogP contribution in [0.25, 0.3) is 0 Å². The first-order chi connectivity index (χ1) is 17.0. The highest BCUT2D eigenvalue weighted by molar-refractivity contribution is 6.10. The third kappa shape index (κ3) is 3.45. The fraction of sp³-hybridized carbons (Fsp3) is 0.483. The molecule has 7 rings (SSSR count). The summed E-state index contributed by atoms with van der Waals surface area (Å²) in [7, 11) is 0. The number of benzene rings is 2. The minimum absolute atomic E-state index is 0.00561. The lowest BCUT2D eigenvalue weighted by Crippen LogP contribution is -2.51. The SMILES string of the molecule is CC(C)C[C@@H](C(=O)NC[C@@H]1CCCO1)N1C(=O)[C@H]2C3c4ccccc4C(c4ccccc43)[C@@H]2C1=O. The van der Waals surface area contributed by atoms with Gasteiger partial charge in [-0.15, -0.1) is 0 Å². The second-order valence-electron chi connectivity index (χ2n) is 10.8. The molecule has 3 amide bonds. The first-order valence-electron chi connectivity index (χ1n) is 12.9. The van der Waals surface area contributed by atoms with Crippen molar-refractivity contribution in [3.63, 3.8) is 0 Å². The smallest absolute Gasteiger partial charge is 0.243 e. The molecule has 5 aliphatic rings.